The van der Waals surface area contributed by atoms with E-state index in [9.17, 15) is 5.11 Å². The van der Waals surface area contributed by atoms with Crippen LogP contribution >= 0.6 is 0 Å². The van der Waals surface area contributed by atoms with Gasteiger partial charge in [-0.05, 0) is 42.0 Å². The van der Waals surface area contributed by atoms with Crippen molar-refractivity contribution < 1.29 is 9.84 Å². The van der Waals surface area contributed by atoms with Crippen LogP contribution in [0.2, 0.25) is 0 Å². The zero-order chi connectivity index (χ0) is 17.2. The van der Waals surface area contributed by atoms with E-state index in [0.717, 1.165) is 28.0 Å². The third-order valence-electron chi connectivity index (χ3n) is 4.40. The summed E-state index contributed by atoms with van der Waals surface area (Å²) in [5.41, 5.74) is 1.98. The maximum Gasteiger partial charge on any atom is 0.120 e. The van der Waals surface area contributed by atoms with Gasteiger partial charge in [-0.15, -0.1) is 0 Å². The van der Waals surface area contributed by atoms with E-state index >= 15 is 0 Å². The molecule has 1 atom stereocenters. The van der Waals surface area contributed by atoms with Gasteiger partial charge in [0.25, 0.3) is 0 Å². The predicted octanol–water partition coefficient (Wildman–Crippen LogP) is 3.94. The van der Waals surface area contributed by atoms with Gasteiger partial charge in [0.05, 0.1) is 17.6 Å². The second-order valence-electron chi connectivity index (χ2n) is 6.23. The Balaban J connectivity index is 1.46. The molecule has 0 unspecified atom stereocenters. The summed E-state index contributed by atoms with van der Waals surface area (Å²) in [6.45, 7) is 2.65. The summed E-state index contributed by atoms with van der Waals surface area (Å²) < 4.78 is 7.82. The fourth-order valence-electron chi connectivity index (χ4n) is 3.14. The Kier molecular flexibility index (Phi) is 4.12. The van der Waals surface area contributed by atoms with Gasteiger partial charge < -0.3 is 14.4 Å². The molecule has 4 rings (SSSR count). The largest absolute Gasteiger partial charge is 0.491 e. The van der Waals surface area contributed by atoms with Crippen LogP contribution in [-0.2, 0) is 6.54 Å². The Labute approximate surface area is 146 Å². The number of hydrogen-bond acceptors (Lipinski definition) is 3. The zero-order valence-electron chi connectivity index (χ0n) is 14.1. The fraction of sp³-hybridized carbons (Fsp3) is 0.190. The second-order valence-corrected chi connectivity index (χ2v) is 6.23. The molecule has 0 radical (unpaired) electrons. The Hall–Kier alpha value is -2.85. The molecule has 0 amide bonds. The number of imidazole rings is 1. The van der Waals surface area contributed by atoms with Gasteiger partial charge in [0.15, 0.2) is 0 Å². The number of aliphatic hydroxyl groups excluding tert-OH is 1. The van der Waals surface area contributed by atoms with Crippen molar-refractivity contribution in [3.05, 3.63) is 72.6 Å². The number of aryl methyl sites for hydroxylation is 1. The number of aromatic nitrogens is 2. The Morgan fingerprint density at radius 2 is 1.76 bits per heavy atom. The molecule has 0 fully saturated rings. The molecule has 0 saturated heterocycles. The van der Waals surface area contributed by atoms with Crippen molar-refractivity contribution in [2.75, 3.05) is 6.61 Å². The van der Waals surface area contributed by atoms with Crippen molar-refractivity contribution in [2.45, 2.75) is 19.6 Å². The molecule has 4 nitrogen and oxygen atoms in total. The van der Waals surface area contributed by atoms with Gasteiger partial charge in [0.2, 0.25) is 0 Å². The number of rotatable bonds is 5. The number of ether oxygens (including phenoxy) is 1. The molecule has 0 bridgehead atoms. The lowest BCUT2D eigenvalue weighted by atomic mass is 10.1. The van der Waals surface area contributed by atoms with E-state index in [1.54, 1.807) is 0 Å². The minimum Gasteiger partial charge on any atom is -0.491 e. The van der Waals surface area contributed by atoms with Crippen molar-refractivity contribution in [2.24, 2.45) is 0 Å². The van der Waals surface area contributed by atoms with Crippen molar-refractivity contribution in [3.63, 3.8) is 0 Å². The molecule has 0 saturated carbocycles. The van der Waals surface area contributed by atoms with Crippen LogP contribution in [0.5, 0.6) is 5.75 Å². The molecule has 4 heteroatoms. The molecular formula is C21H20N2O2. The van der Waals surface area contributed by atoms with Gasteiger partial charge in [0, 0.05) is 0 Å². The molecule has 4 aromatic rings. The van der Waals surface area contributed by atoms with Crippen LogP contribution in [0, 0.1) is 6.92 Å². The lowest BCUT2D eigenvalue weighted by Crippen LogP contribution is -2.24. The van der Waals surface area contributed by atoms with Crippen LogP contribution in [0.3, 0.4) is 0 Å². The quantitative estimate of drug-likeness (QED) is 0.602. The van der Waals surface area contributed by atoms with Gasteiger partial charge in [-0.25, -0.2) is 4.98 Å². The van der Waals surface area contributed by atoms with Gasteiger partial charge in [-0.1, -0.05) is 42.5 Å². The van der Waals surface area contributed by atoms with Crippen molar-refractivity contribution in [1.82, 2.24) is 9.55 Å². The van der Waals surface area contributed by atoms with Crippen LogP contribution in [0.4, 0.5) is 0 Å². The van der Waals surface area contributed by atoms with Crippen molar-refractivity contribution in [1.29, 1.82) is 0 Å². The van der Waals surface area contributed by atoms with E-state index in [4.69, 9.17) is 4.74 Å². The average molecular weight is 332 g/mol. The highest BCUT2D eigenvalue weighted by molar-refractivity contribution is 5.83. The molecule has 1 aromatic heterocycles. The number of aliphatic hydroxyl groups is 1. The highest BCUT2D eigenvalue weighted by Gasteiger charge is 2.12. The smallest absolute Gasteiger partial charge is 0.120 e. The molecule has 0 aliphatic heterocycles. The first-order valence-corrected chi connectivity index (χ1v) is 8.42. The summed E-state index contributed by atoms with van der Waals surface area (Å²) in [7, 11) is 0. The summed E-state index contributed by atoms with van der Waals surface area (Å²) in [6, 6.07) is 22.1. The van der Waals surface area contributed by atoms with Crippen LogP contribution < -0.4 is 4.74 Å². The molecule has 25 heavy (non-hydrogen) atoms. The normalized spacial score (nSPS) is 12.6. The lowest BCUT2D eigenvalue weighted by Gasteiger charge is -2.15. The summed E-state index contributed by atoms with van der Waals surface area (Å²) in [4.78, 5) is 4.53. The van der Waals surface area contributed by atoms with Crippen molar-refractivity contribution >= 4 is 21.8 Å². The summed E-state index contributed by atoms with van der Waals surface area (Å²) in [5.74, 6) is 1.66. The maximum atomic E-state index is 10.4. The Morgan fingerprint density at radius 3 is 2.64 bits per heavy atom. The number of hydrogen-bond donors (Lipinski definition) is 1. The molecule has 0 aliphatic rings. The van der Waals surface area contributed by atoms with Gasteiger partial charge in [0.1, 0.15) is 24.3 Å². The third-order valence-corrected chi connectivity index (χ3v) is 4.40. The molecular weight excluding hydrogens is 312 g/mol. The summed E-state index contributed by atoms with van der Waals surface area (Å²) >= 11 is 0. The topological polar surface area (TPSA) is 47.3 Å². The van der Waals surface area contributed by atoms with Crippen molar-refractivity contribution in [3.8, 4) is 5.75 Å². The maximum absolute atomic E-state index is 10.4. The molecule has 0 aliphatic carbocycles. The van der Waals surface area contributed by atoms with E-state index in [0.29, 0.717) is 6.54 Å². The second kappa shape index (κ2) is 6.57. The molecule has 126 valence electrons. The molecule has 1 heterocycles. The molecule has 0 spiro atoms. The van der Waals surface area contributed by atoms with Gasteiger partial charge >= 0.3 is 0 Å². The minimum absolute atomic E-state index is 0.240. The molecule has 1 N–H and O–H groups in total. The van der Waals surface area contributed by atoms with E-state index in [1.165, 1.54) is 5.39 Å². The monoisotopic (exact) mass is 332 g/mol. The standard InChI is InChI=1S/C21H20N2O2/c1-15-22-20-8-4-5-9-21(20)23(15)13-18(24)14-25-19-11-10-16-6-2-3-7-17(16)12-19/h2-12,18,24H,13-14H2,1H3/t18-/m0/s1. The zero-order valence-corrected chi connectivity index (χ0v) is 14.1. The highest BCUT2D eigenvalue weighted by atomic mass is 16.5. The number of fused-ring (bicyclic) bond motifs is 2. The van der Waals surface area contributed by atoms with E-state index < -0.39 is 6.10 Å². The van der Waals surface area contributed by atoms with E-state index in [1.807, 2.05) is 66.1 Å². The summed E-state index contributed by atoms with van der Waals surface area (Å²) in [5, 5.41) is 12.7. The Morgan fingerprint density at radius 1 is 1.00 bits per heavy atom. The summed E-state index contributed by atoms with van der Waals surface area (Å²) in [6.07, 6.45) is -0.609. The fourth-order valence-corrected chi connectivity index (χ4v) is 3.14. The van der Waals surface area contributed by atoms with Crippen LogP contribution in [0.1, 0.15) is 5.82 Å². The molecule has 3 aromatic carbocycles. The van der Waals surface area contributed by atoms with E-state index in [2.05, 4.69) is 17.1 Å². The lowest BCUT2D eigenvalue weighted by molar-refractivity contribution is 0.0930. The number of benzene rings is 3. The predicted molar refractivity (Wildman–Crippen MR) is 99.9 cm³/mol. The highest BCUT2D eigenvalue weighted by Crippen LogP contribution is 2.21. The van der Waals surface area contributed by atoms with Gasteiger partial charge in [-0.2, -0.15) is 0 Å². The SMILES string of the molecule is Cc1nc2ccccc2n1C[C@H](O)COc1ccc2ccccc2c1. The van der Waals surface area contributed by atoms with E-state index in [-0.39, 0.29) is 6.61 Å². The minimum atomic E-state index is -0.609. The third kappa shape index (κ3) is 3.21. The van der Waals surface area contributed by atoms with Crippen LogP contribution in [0.15, 0.2) is 66.7 Å². The first kappa shape index (κ1) is 15.7. The number of nitrogens with zero attached hydrogens (tertiary/aromatic N) is 2. The first-order chi connectivity index (χ1) is 12.2. The van der Waals surface area contributed by atoms with Crippen LogP contribution in [0.25, 0.3) is 21.8 Å². The number of para-hydroxylation sites is 2. The van der Waals surface area contributed by atoms with Crippen LogP contribution in [-0.4, -0.2) is 27.4 Å². The van der Waals surface area contributed by atoms with Gasteiger partial charge in [-0.3, -0.25) is 0 Å². The first-order valence-electron chi connectivity index (χ1n) is 8.42. The average Bonchev–Trinajstić information content (AvgIpc) is 2.95. The Bertz CT molecular complexity index is 1020.